The Morgan fingerprint density at radius 1 is 1.33 bits per heavy atom. The van der Waals surface area contributed by atoms with E-state index in [0.29, 0.717) is 5.92 Å². The lowest BCUT2D eigenvalue weighted by Crippen LogP contribution is -2.26. The molecule has 0 spiro atoms. The molecule has 18 heavy (non-hydrogen) atoms. The molecular weight excluding hydrogens is 292 g/mol. The lowest BCUT2D eigenvalue weighted by atomic mass is 9.91. The molecule has 1 aromatic rings. The molecule has 0 N–H and O–H groups in total. The van der Waals surface area contributed by atoms with Crippen LogP contribution >= 0.6 is 15.9 Å². The average Bonchev–Trinajstić information content (AvgIpc) is 2.25. The van der Waals surface area contributed by atoms with Crippen LogP contribution in [0.5, 0.6) is 5.75 Å². The number of Topliss-reactive ketones (excluding diaryl/α,β-unsaturated/α-hetero) is 1. The Hall–Kier alpha value is -0.830. The van der Waals surface area contributed by atoms with Gasteiger partial charge in [-0.15, -0.1) is 0 Å². The highest BCUT2D eigenvalue weighted by atomic mass is 79.9. The number of hydrogen-bond acceptors (Lipinski definition) is 2. The molecule has 100 valence electrons. The fraction of sp³-hybridized carbons (Fsp3) is 0.533. The molecule has 0 radical (unpaired) electrons. The number of rotatable bonds is 4. The van der Waals surface area contributed by atoms with Crippen LogP contribution in [0.2, 0.25) is 0 Å². The highest BCUT2D eigenvalue weighted by Crippen LogP contribution is 2.30. The molecule has 0 aliphatic heterocycles. The Morgan fingerprint density at radius 2 is 1.94 bits per heavy atom. The second-order valence-corrected chi connectivity index (χ2v) is 6.71. The summed E-state index contributed by atoms with van der Waals surface area (Å²) in [5.74, 6) is 1.27. The molecule has 0 saturated carbocycles. The fourth-order valence-electron chi connectivity index (χ4n) is 1.46. The van der Waals surface area contributed by atoms with E-state index in [-0.39, 0.29) is 17.8 Å². The largest absolute Gasteiger partial charge is 0.486 e. The van der Waals surface area contributed by atoms with E-state index in [0.717, 1.165) is 15.8 Å². The molecular formula is C15H21BrO2. The van der Waals surface area contributed by atoms with Crippen molar-refractivity contribution in [2.24, 2.45) is 5.41 Å². The van der Waals surface area contributed by atoms with E-state index in [2.05, 4.69) is 29.8 Å². The number of hydrogen-bond donors (Lipinski definition) is 0. The summed E-state index contributed by atoms with van der Waals surface area (Å²) in [6.45, 7) is 10.1. The Labute approximate surface area is 118 Å². The van der Waals surface area contributed by atoms with Gasteiger partial charge in [-0.05, 0) is 29.7 Å². The van der Waals surface area contributed by atoms with Crippen molar-refractivity contribution < 1.29 is 9.53 Å². The Balaban J connectivity index is 2.82. The summed E-state index contributed by atoms with van der Waals surface area (Å²) in [5.41, 5.74) is 0.763. The third-order valence-corrected chi connectivity index (χ3v) is 3.28. The van der Waals surface area contributed by atoms with Crippen molar-refractivity contribution in [3.63, 3.8) is 0 Å². The quantitative estimate of drug-likeness (QED) is 0.814. The van der Waals surface area contributed by atoms with Crippen molar-refractivity contribution in [2.75, 3.05) is 6.61 Å². The number of benzene rings is 1. The Morgan fingerprint density at radius 3 is 2.44 bits per heavy atom. The van der Waals surface area contributed by atoms with Crippen LogP contribution in [0.3, 0.4) is 0 Å². The number of carbonyl (C=O) groups is 1. The van der Waals surface area contributed by atoms with Gasteiger partial charge in [0.2, 0.25) is 0 Å². The molecule has 0 aliphatic carbocycles. The van der Waals surface area contributed by atoms with E-state index in [1.54, 1.807) is 0 Å². The minimum absolute atomic E-state index is 0.111. The van der Waals surface area contributed by atoms with E-state index in [4.69, 9.17) is 4.74 Å². The first-order valence-corrected chi connectivity index (χ1v) is 6.96. The van der Waals surface area contributed by atoms with Gasteiger partial charge in [-0.25, -0.2) is 0 Å². The number of ketones is 1. The van der Waals surface area contributed by atoms with Crippen molar-refractivity contribution in [1.82, 2.24) is 0 Å². The van der Waals surface area contributed by atoms with Crippen LogP contribution in [0.15, 0.2) is 22.7 Å². The van der Waals surface area contributed by atoms with Crippen molar-refractivity contribution in [2.45, 2.75) is 40.5 Å². The van der Waals surface area contributed by atoms with E-state index in [1.165, 1.54) is 0 Å². The molecule has 2 nitrogen and oxygen atoms in total. The van der Waals surface area contributed by atoms with Crippen LogP contribution in [0.25, 0.3) is 0 Å². The van der Waals surface area contributed by atoms with Crippen LogP contribution in [-0.4, -0.2) is 12.4 Å². The van der Waals surface area contributed by atoms with Gasteiger partial charge in [-0.3, -0.25) is 4.79 Å². The van der Waals surface area contributed by atoms with Crippen molar-refractivity contribution in [1.29, 1.82) is 0 Å². The van der Waals surface area contributed by atoms with Gasteiger partial charge in [0, 0.05) is 9.89 Å². The predicted molar refractivity (Wildman–Crippen MR) is 78.2 cm³/mol. The molecule has 1 rings (SSSR count). The molecule has 0 unspecified atom stereocenters. The average molecular weight is 313 g/mol. The SMILES string of the molecule is CC(C)c1cc(Br)ccc1OCC(=O)C(C)(C)C. The van der Waals surface area contributed by atoms with E-state index >= 15 is 0 Å². The number of halogens is 1. The molecule has 0 heterocycles. The summed E-state index contributed by atoms with van der Waals surface area (Å²) in [5, 5.41) is 0. The molecule has 3 heteroatoms. The molecule has 1 aromatic carbocycles. The van der Waals surface area contributed by atoms with Crippen LogP contribution in [0.1, 0.15) is 46.1 Å². The summed E-state index contributed by atoms with van der Waals surface area (Å²) >= 11 is 3.45. The second-order valence-electron chi connectivity index (χ2n) is 5.80. The maximum absolute atomic E-state index is 11.9. The van der Waals surface area contributed by atoms with E-state index in [1.807, 2.05) is 39.0 Å². The zero-order valence-electron chi connectivity index (χ0n) is 11.7. The van der Waals surface area contributed by atoms with E-state index in [9.17, 15) is 4.79 Å². The Bertz CT molecular complexity index is 431. The maximum atomic E-state index is 11.9. The first-order chi connectivity index (χ1) is 8.21. The first-order valence-electron chi connectivity index (χ1n) is 6.17. The van der Waals surface area contributed by atoms with E-state index < -0.39 is 0 Å². The third-order valence-electron chi connectivity index (χ3n) is 2.79. The summed E-state index contributed by atoms with van der Waals surface area (Å²) in [4.78, 5) is 11.9. The number of ether oxygens (including phenoxy) is 1. The summed E-state index contributed by atoms with van der Waals surface area (Å²) in [6, 6.07) is 5.89. The zero-order chi connectivity index (χ0) is 13.9. The fourth-order valence-corrected chi connectivity index (χ4v) is 1.84. The summed E-state index contributed by atoms with van der Waals surface area (Å²) in [7, 11) is 0. The van der Waals surface area contributed by atoms with Gasteiger partial charge >= 0.3 is 0 Å². The summed E-state index contributed by atoms with van der Waals surface area (Å²) < 4.78 is 6.70. The zero-order valence-corrected chi connectivity index (χ0v) is 13.3. The minimum atomic E-state index is -0.354. The molecule has 0 saturated heterocycles. The smallest absolute Gasteiger partial charge is 0.175 e. The van der Waals surface area contributed by atoms with Crippen LogP contribution in [-0.2, 0) is 4.79 Å². The van der Waals surface area contributed by atoms with Gasteiger partial charge in [-0.1, -0.05) is 50.5 Å². The van der Waals surface area contributed by atoms with Gasteiger partial charge in [-0.2, -0.15) is 0 Å². The van der Waals surface area contributed by atoms with Crippen molar-refractivity contribution in [3.8, 4) is 5.75 Å². The molecule has 0 aliphatic rings. The lowest BCUT2D eigenvalue weighted by molar-refractivity contribution is -0.128. The van der Waals surface area contributed by atoms with Gasteiger partial charge < -0.3 is 4.74 Å². The van der Waals surface area contributed by atoms with Crippen molar-refractivity contribution >= 4 is 21.7 Å². The van der Waals surface area contributed by atoms with Gasteiger partial charge in [0.05, 0.1) is 0 Å². The Kier molecular flexibility index (Phi) is 4.97. The molecule has 0 amide bonds. The third kappa shape index (κ3) is 4.13. The van der Waals surface area contributed by atoms with Crippen LogP contribution < -0.4 is 4.74 Å². The molecule has 0 aromatic heterocycles. The van der Waals surface area contributed by atoms with Crippen LogP contribution in [0, 0.1) is 5.41 Å². The maximum Gasteiger partial charge on any atom is 0.175 e. The first kappa shape index (κ1) is 15.2. The topological polar surface area (TPSA) is 26.3 Å². The number of carbonyl (C=O) groups excluding carboxylic acids is 1. The molecule has 0 atom stereocenters. The monoisotopic (exact) mass is 312 g/mol. The lowest BCUT2D eigenvalue weighted by Gasteiger charge is -2.19. The second kappa shape index (κ2) is 5.87. The van der Waals surface area contributed by atoms with Gasteiger partial charge in [0.15, 0.2) is 5.78 Å². The highest BCUT2D eigenvalue weighted by molar-refractivity contribution is 9.10. The standard InChI is InChI=1S/C15H21BrO2/c1-10(2)12-8-11(16)6-7-13(12)18-9-14(17)15(3,4)5/h6-8,10H,9H2,1-5H3. The molecule has 0 bridgehead atoms. The van der Waals surface area contributed by atoms with Gasteiger partial charge in [0.25, 0.3) is 0 Å². The van der Waals surface area contributed by atoms with Gasteiger partial charge in [0.1, 0.15) is 12.4 Å². The van der Waals surface area contributed by atoms with Crippen LogP contribution in [0.4, 0.5) is 0 Å². The predicted octanol–water partition coefficient (Wildman–Crippen LogP) is 4.57. The molecule has 0 fully saturated rings. The highest BCUT2D eigenvalue weighted by Gasteiger charge is 2.22. The minimum Gasteiger partial charge on any atom is -0.486 e. The normalized spacial score (nSPS) is 11.7. The van der Waals surface area contributed by atoms with Crippen molar-refractivity contribution in [3.05, 3.63) is 28.2 Å². The summed E-state index contributed by atoms with van der Waals surface area (Å²) in [6.07, 6.45) is 0.